The average molecular weight is 336 g/mol. The monoisotopic (exact) mass is 336 g/mol. The molecule has 1 saturated carbocycles. The summed E-state index contributed by atoms with van der Waals surface area (Å²) in [5, 5.41) is 7.35. The lowest BCUT2D eigenvalue weighted by Crippen LogP contribution is -2.41. The smallest absolute Gasteiger partial charge is 0.243 e. The summed E-state index contributed by atoms with van der Waals surface area (Å²) < 4.78 is 2.02. The Morgan fingerprint density at radius 2 is 2.04 bits per heavy atom. The standard InChI is InChI=1S/C20H24N4O/c1-2-19(25)21-12-15-13-23(20-10-11-22-24(20)14-15)18-8-6-17(7-9-18)16-4-3-5-16/h2,6-11,15-16H,1,3-5,12-14H2,(H,21,25). The van der Waals surface area contributed by atoms with Crippen LogP contribution in [0.1, 0.15) is 30.7 Å². The molecule has 0 bridgehead atoms. The van der Waals surface area contributed by atoms with E-state index in [1.165, 1.54) is 36.6 Å². The minimum absolute atomic E-state index is 0.123. The second kappa shape index (κ2) is 6.75. The van der Waals surface area contributed by atoms with Gasteiger partial charge in [-0.3, -0.25) is 4.79 Å². The molecule has 1 aromatic carbocycles. The summed E-state index contributed by atoms with van der Waals surface area (Å²) in [5.74, 6) is 2.05. The highest BCUT2D eigenvalue weighted by atomic mass is 16.1. The van der Waals surface area contributed by atoms with E-state index in [0.29, 0.717) is 12.5 Å². The first-order valence-electron chi connectivity index (χ1n) is 9.04. The highest BCUT2D eigenvalue weighted by molar-refractivity contribution is 5.86. The van der Waals surface area contributed by atoms with Crippen molar-refractivity contribution in [3.8, 4) is 0 Å². The van der Waals surface area contributed by atoms with E-state index in [4.69, 9.17) is 0 Å². The van der Waals surface area contributed by atoms with Crippen molar-refractivity contribution in [3.05, 3.63) is 54.7 Å². The van der Waals surface area contributed by atoms with Crippen LogP contribution in [0.15, 0.2) is 49.2 Å². The fourth-order valence-electron chi connectivity index (χ4n) is 3.70. The first-order chi connectivity index (χ1) is 12.2. The third-order valence-corrected chi connectivity index (χ3v) is 5.37. The Balaban J connectivity index is 1.53. The molecule has 1 atom stereocenters. The zero-order valence-electron chi connectivity index (χ0n) is 14.4. The third kappa shape index (κ3) is 3.18. The Morgan fingerprint density at radius 1 is 1.24 bits per heavy atom. The Hall–Kier alpha value is -2.56. The van der Waals surface area contributed by atoms with Crippen molar-refractivity contribution in [2.24, 2.45) is 5.92 Å². The number of amides is 1. The predicted molar refractivity (Wildman–Crippen MR) is 99.0 cm³/mol. The summed E-state index contributed by atoms with van der Waals surface area (Å²) in [6.45, 7) is 5.82. The third-order valence-electron chi connectivity index (χ3n) is 5.37. The first kappa shape index (κ1) is 15.9. The molecule has 1 amide bonds. The number of rotatable bonds is 5. The number of benzene rings is 1. The van der Waals surface area contributed by atoms with Gasteiger partial charge in [0, 0.05) is 37.3 Å². The Labute approximate surface area is 148 Å². The van der Waals surface area contributed by atoms with Crippen LogP contribution in [0.2, 0.25) is 0 Å². The van der Waals surface area contributed by atoms with Gasteiger partial charge in [0.25, 0.3) is 0 Å². The largest absolute Gasteiger partial charge is 0.352 e. The van der Waals surface area contributed by atoms with Gasteiger partial charge in [-0.1, -0.05) is 25.1 Å². The number of hydrogen-bond donors (Lipinski definition) is 1. The Bertz CT molecular complexity index is 760. The molecular formula is C20H24N4O. The highest BCUT2D eigenvalue weighted by Crippen LogP contribution is 2.38. The van der Waals surface area contributed by atoms with Crippen LogP contribution >= 0.6 is 0 Å². The van der Waals surface area contributed by atoms with Crippen LogP contribution in [0.3, 0.4) is 0 Å². The number of anilines is 2. The Morgan fingerprint density at radius 3 is 2.72 bits per heavy atom. The van der Waals surface area contributed by atoms with E-state index >= 15 is 0 Å². The molecule has 130 valence electrons. The van der Waals surface area contributed by atoms with E-state index in [2.05, 4.69) is 52.2 Å². The summed E-state index contributed by atoms with van der Waals surface area (Å²) >= 11 is 0. The van der Waals surface area contributed by atoms with E-state index in [1.807, 2.05) is 10.9 Å². The molecule has 1 aliphatic carbocycles. The van der Waals surface area contributed by atoms with Gasteiger partial charge < -0.3 is 10.2 Å². The summed E-state index contributed by atoms with van der Waals surface area (Å²) in [7, 11) is 0. The van der Waals surface area contributed by atoms with Crippen molar-refractivity contribution < 1.29 is 4.79 Å². The van der Waals surface area contributed by atoms with Crippen molar-refractivity contribution in [2.45, 2.75) is 31.7 Å². The predicted octanol–water partition coefficient (Wildman–Crippen LogP) is 3.22. The quantitative estimate of drug-likeness (QED) is 0.853. The van der Waals surface area contributed by atoms with Crippen molar-refractivity contribution in [1.82, 2.24) is 15.1 Å². The van der Waals surface area contributed by atoms with Crippen LogP contribution in [-0.2, 0) is 11.3 Å². The highest BCUT2D eigenvalue weighted by Gasteiger charge is 2.26. The van der Waals surface area contributed by atoms with Crippen LogP contribution in [0.25, 0.3) is 0 Å². The van der Waals surface area contributed by atoms with Crippen LogP contribution in [0.5, 0.6) is 0 Å². The minimum atomic E-state index is -0.123. The van der Waals surface area contributed by atoms with E-state index in [9.17, 15) is 4.79 Å². The molecule has 0 saturated heterocycles. The van der Waals surface area contributed by atoms with Gasteiger partial charge in [-0.2, -0.15) is 5.10 Å². The minimum Gasteiger partial charge on any atom is -0.352 e. The number of hydrogen-bond acceptors (Lipinski definition) is 3. The number of aromatic nitrogens is 2. The molecule has 1 unspecified atom stereocenters. The summed E-state index contributed by atoms with van der Waals surface area (Å²) in [5.41, 5.74) is 2.64. The van der Waals surface area contributed by atoms with Crippen molar-refractivity contribution in [2.75, 3.05) is 18.0 Å². The molecule has 2 aliphatic rings. The van der Waals surface area contributed by atoms with Crippen LogP contribution in [0.4, 0.5) is 11.5 Å². The van der Waals surface area contributed by atoms with Crippen LogP contribution < -0.4 is 10.2 Å². The summed E-state index contributed by atoms with van der Waals surface area (Å²) in [6.07, 6.45) is 7.16. The number of nitrogens with zero attached hydrogens (tertiary/aromatic N) is 3. The maximum Gasteiger partial charge on any atom is 0.243 e. The van der Waals surface area contributed by atoms with Gasteiger partial charge in [0.05, 0.1) is 6.20 Å². The van der Waals surface area contributed by atoms with Crippen molar-refractivity contribution in [1.29, 1.82) is 0 Å². The van der Waals surface area contributed by atoms with Gasteiger partial charge in [-0.05, 0) is 42.5 Å². The molecule has 0 radical (unpaired) electrons. The van der Waals surface area contributed by atoms with Gasteiger partial charge in [-0.25, -0.2) is 4.68 Å². The molecule has 5 heteroatoms. The van der Waals surface area contributed by atoms with Gasteiger partial charge >= 0.3 is 0 Å². The normalized spacial score (nSPS) is 19.8. The van der Waals surface area contributed by atoms with E-state index in [0.717, 1.165) is 24.8 Å². The number of carbonyl (C=O) groups is 1. The van der Waals surface area contributed by atoms with Crippen LogP contribution in [0, 0.1) is 5.92 Å². The summed E-state index contributed by atoms with van der Waals surface area (Å²) in [6, 6.07) is 11.0. The zero-order valence-corrected chi connectivity index (χ0v) is 14.4. The molecule has 2 aromatic rings. The number of nitrogens with one attached hydrogen (secondary N) is 1. The molecule has 1 N–H and O–H groups in total. The van der Waals surface area contributed by atoms with E-state index < -0.39 is 0 Å². The Kier molecular flexibility index (Phi) is 4.30. The first-order valence-corrected chi connectivity index (χ1v) is 9.04. The lowest BCUT2D eigenvalue weighted by atomic mass is 9.80. The van der Waals surface area contributed by atoms with Crippen molar-refractivity contribution in [3.63, 3.8) is 0 Å². The molecule has 25 heavy (non-hydrogen) atoms. The second-order valence-electron chi connectivity index (χ2n) is 7.02. The van der Waals surface area contributed by atoms with Crippen molar-refractivity contribution >= 4 is 17.4 Å². The van der Waals surface area contributed by atoms with Gasteiger partial charge in [0.15, 0.2) is 0 Å². The number of carbonyl (C=O) groups excluding carboxylic acids is 1. The number of fused-ring (bicyclic) bond motifs is 1. The van der Waals surface area contributed by atoms with E-state index in [-0.39, 0.29) is 5.91 Å². The average Bonchev–Trinajstić information content (AvgIpc) is 3.06. The van der Waals surface area contributed by atoms with Gasteiger partial charge in [-0.15, -0.1) is 0 Å². The van der Waals surface area contributed by atoms with Gasteiger partial charge in [0.2, 0.25) is 5.91 Å². The maximum absolute atomic E-state index is 11.5. The molecule has 0 spiro atoms. The topological polar surface area (TPSA) is 50.2 Å². The van der Waals surface area contributed by atoms with Crippen LogP contribution in [-0.4, -0.2) is 28.8 Å². The fraction of sp³-hybridized carbons (Fsp3) is 0.400. The van der Waals surface area contributed by atoms with Gasteiger partial charge in [0.1, 0.15) is 5.82 Å². The lowest BCUT2D eigenvalue weighted by molar-refractivity contribution is -0.116. The molecule has 4 rings (SSSR count). The molecule has 1 aliphatic heterocycles. The molecule has 1 fully saturated rings. The summed E-state index contributed by atoms with van der Waals surface area (Å²) in [4.78, 5) is 13.8. The zero-order chi connectivity index (χ0) is 17.2. The molecule has 2 heterocycles. The second-order valence-corrected chi connectivity index (χ2v) is 7.02. The maximum atomic E-state index is 11.5. The fourth-order valence-corrected chi connectivity index (χ4v) is 3.70. The molecule has 5 nitrogen and oxygen atoms in total. The lowest BCUT2D eigenvalue weighted by Gasteiger charge is -2.35. The SMILES string of the molecule is C=CC(=O)NCC1CN(c2ccc(C3CCC3)cc2)c2ccnn2C1. The molecule has 1 aromatic heterocycles. The molecular weight excluding hydrogens is 312 g/mol. The van der Waals surface area contributed by atoms with E-state index in [1.54, 1.807) is 0 Å².